The number of rotatable bonds is 5. The van der Waals surface area contributed by atoms with Crippen LogP contribution in [0.3, 0.4) is 0 Å². The number of benzene rings is 2. The molecule has 0 aliphatic rings. The molecule has 0 amide bonds. The molecular formula is C17H20ClNO. The van der Waals surface area contributed by atoms with Gasteiger partial charge < -0.3 is 10.4 Å². The number of aryl methyl sites for hydroxylation is 2. The predicted octanol–water partition coefficient (Wildman–Crippen LogP) is 4.79. The van der Waals surface area contributed by atoms with Crippen LogP contribution in [0.5, 0.6) is 5.75 Å². The van der Waals surface area contributed by atoms with Gasteiger partial charge in [0.25, 0.3) is 0 Å². The molecule has 0 heterocycles. The van der Waals surface area contributed by atoms with Crippen molar-refractivity contribution in [2.45, 2.75) is 32.7 Å². The van der Waals surface area contributed by atoms with Crippen molar-refractivity contribution in [1.82, 2.24) is 0 Å². The summed E-state index contributed by atoms with van der Waals surface area (Å²) in [7, 11) is 0. The molecule has 1 atom stereocenters. The summed E-state index contributed by atoms with van der Waals surface area (Å²) in [6.45, 7) is 4.26. The van der Waals surface area contributed by atoms with E-state index in [1.54, 1.807) is 12.1 Å². The van der Waals surface area contributed by atoms with Gasteiger partial charge in [-0.15, -0.1) is 0 Å². The highest BCUT2D eigenvalue weighted by Crippen LogP contribution is 2.26. The maximum atomic E-state index is 9.40. The molecule has 0 aliphatic carbocycles. The van der Waals surface area contributed by atoms with E-state index in [4.69, 9.17) is 11.6 Å². The van der Waals surface area contributed by atoms with E-state index in [0.717, 1.165) is 18.5 Å². The van der Waals surface area contributed by atoms with E-state index in [9.17, 15) is 5.11 Å². The second-order valence-electron chi connectivity index (χ2n) is 5.24. The molecule has 0 aliphatic heterocycles. The molecule has 3 heteroatoms. The molecule has 0 fully saturated rings. The summed E-state index contributed by atoms with van der Waals surface area (Å²) >= 11 is 5.90. The zero-order chi connectivity index (χ0) is 14.5. The third kappa shape index (κ3) is 4.17. The van der Waals surface area contributed by atoms with Crippen molar-refractivity contribution in [3.63, 3.8) is 0 Å². The molecular weight excluding hydrogens is 270 g/mol. The van der Waals surface area contributed by atoms with Gasteiger partial charge in [-0.25, -0.2) is 0 Å². The number of hydrogen-bond donors (Lipinski definition) is 2. The number of phenols is 1. The van der Waals surface area contributed by atoms with E-state index >= 15 is 0 Å². The Bertz CT molecular complexity index is 583. The molecule has 2 N–H and O–H groups in total. The molecule has 20 heavy (non-hydrogen) atoms. The summed E-state index contributed by atoms with van der Waals surface area (Å²) in [5, 5.41) is 13.2. The van der Waals surface area contributed by atoms with E-state index in [1.165, 1.54) is 11.1 Å². The minimum Gasteiger partial charge on any atom is -0.506 e. The Kier molecular flexibility index (Phi) is 4.91. The van der Waals surface area contributed by atoms with Gasteiger partial charge in [-0.1, -0.05) is 41.4 Å². The van der Waals surface area contributed by atoms with Crippen LogP contribution in [0.2, 0.25) is 5.02 Å². The van der Waals surface area contributed by atoms with Crippen molar-refractivity contribution >= 4 is 17.3 Å². The van der Waals surface area contributed by atoms with E-state index < -0.39 is 0 Å². The Morgan fingerprint density at radius 2 is 2.00 bits per heavy atom. The average Bonchev–Trinajstić information content (AvgIpc) is 2.41. The van der Waals surface area contributed by atoms with Gasteiger partial charge >= 0.3 is 0 Å². The second-order valence-corrected chi connectivity index (χ2v) is 5.65. The number of phenolic OH excluding ortho intramolecular Hbond substituents is 1. The summed E-state index contributed by atoms with van der Waals surface area (Å²) < 4.78 is 0. The molecule has 0 bridgehead atoms. The van der Waals surface area contributed by atoms with Crippen LogP contribution in [-0.2, 0) is 6.42 Å². The third-order valence-electron chi connectivity index (χ3n) is 3.31. The first-order chi connectivity index (χ1) is 9.54. The first kappa shape index (κ1) is 14.7. The van der Waals surface area contributed by atoms with Crippen molar-refractivity contribution in [3.8, 4) is 5.75 Å². The van der Waals surface area contributed by atoms with Crippen LogP contribution in [0.25, 0.3) is 0 Å². The molecule has 0 aromatic heterocycles. The summed E-state index contributed by atoms with van der Waals surface area (Å²) in [5.41, 5.74) is 3.60. The van der Waals surface area contributed by atoms with Gasteiger partial charge in [0.15, 0.2) is 0 Å². The minimum atomic E-state index is 0.115. The molecule has 0 spiro atoms. The van der Waals surface area contributed by atoms with Crippen molar-refractivity contribution in [1.29, 1.82) is 0 Å². The number of halogens is 1. The van der Waals surface area contributed by atoms with E-state index in [1.807, 2.05) is 6.07 Å². The summed E-state index contributed by atoms with van der Waals surface area (Å²) in [4.78, 5) is 0. The monoisotopic (exact) mass is 289 g/mol. The summed E-state index contributed by atoms with van der Waals surface area (Å²) in [5.74, 6) is 0.115. The Labute approximate surface area is 125 Å². The molecule has 2 aromatic carbocycles. The maximum absolute atomic E-state index is 9.40. The Hall–Kier alpha value is -1.67. The molecule has 2 aromatic rings. The highest BCUT2D eigenvalue weighted by molar-refractivity contribution is 6.32. The fourth-order valence-corrected chi connectivity index (χ4v) is 2.38. The van der Waals surface area contributed by atoms with Crippen molar-refractivity contribution < 1.29 is 5.11 Å². The van der Waals surface area contributed by atoms with Crippen LogP contribution in [0.15, 0.2) is 42.5 Å². The largest absolute Gasteiger partial charge is 0.506 e. The van der Waals surface area contributed by atoms with Crippen LogP contribution in [-0.4, -0.2) is 11.1 Å². The lowest BCUT2D eigenvalue weighted by molar-refractivity contribution is 0.475. The standard InChI is InChI=1S/C17H20ClNO/c1-12-4-3-5-14(10-12)7-6-13(2)19-15-8-9-17(20)16(18)11-15/h3-5,8-11,13,19-20H,6-7H2,1-2H3. The van der Waals surface area contributed by atoms with Crippen molar-refractivity contribution in [2.75, 3.05) is 5.32 Å². The van der Waals surface area contributed by atoms with Crippen LogP contribution in [0.4, 0.5) is 5.69 Å². The highest BCUT2D eigenvalue weighted by atomic mass is 35.5. The lowest BCUT2D eigenvalue weighted by Crippen LogP contribution is -2.15. The van der Waals surface area contributed by atoms with Gasteiger partial charge in [-0.05, 0) is 50.5 Å². The lowest BCUT2D eigenvalue weighted by atomic mass is 10.0. The molecule has 0 radical (unpaired) electrons. The molecule has 0 saturated carbocycles. The van der Waals surface area contributed by atoms with Gasteiger partial charge in [-0.3, -0.25) is 0 Å². The quantitative estimate of drug-likeness (QED) is 0.776. The number of hydrogen-bond acceptors (Lipinski definition) is 2. The van der Waals surface area contributed by atoms with Gasteiger partial charge in [0, 0.05) is 11.7 Å². The van der Waals surface area contributed by atoms with Crippen LogP contribution in [0, 0.1) is 6.92 Å². The van der Waals surface area contributed by atoms with Crippen LogP contribution >= 0.6 is 11.6 Å². The fraction of sp³-hybridized carbons (Fsp3) is 0.294. The van der Waals surface area contributed by atoms with Crippen LogP contribution < -0.4 is 5.32 Å². The maximum Gasteiger partial charge on any atom is 0.134 e. The van der Waals surface area contributed by atoms with Crippen molar-refractivity contribution in [3.05, 3.63) is 58.6 Å². The molecule has 2 nitrogen and oxygen atoms in total. The van der Waals surface area contributed by atoms with Crippen LogP contribution in [0.1, 0.15) is 24.5 Å². The van der Waals surface area contributed by atoms with E-state index in [-0.39, 0.29) is 5.75 Å². The van der Waals surface area contributed by atoms with Crippen molar-refractivity contribution in [2.24, 2.45) is 0 Å². The number of anilines is 1. The first-order valence-electron chi connectivity index (χ1n) is 6.85. The number of aromatic hydroxyl groups is 1. The van der Waals surface area contributed by atoms with E-state index in [0.29, 0.717) is 11.1 Å². The Balaban J connectivity index is 1.89. The normalized spacial score (nSPS) is 12.2. The minimum absolute atomic E-state index is 0.115. The van der Waals surface area contributed by atoms with E-state index in [2.05, 4.69) is 43.4 Å². The Morgan fingerprint density at radius 3 is 2.70 bits per heavy atom. The third-order valence-corrected chi connectivity index (χ3v) is 3.61. The predicted molar refractivity (Wildman–Crippen MR) is 85.7 cm³/mol. The molecule has 0 saturated heterocycles. The average molecular weight is 290 g/mol. The highest BCUT2D eigenvalue weighted by Gasteiger charge is 2.05. The summed E-state index contributed by atoms with van der Waals surface area (Å²) in [6.07, 6.45) is 2.09. The van der Waals surface area contributed by atoms with Gasteiger partial charge in [0.05, 0.1) is 5.02 Å². The van der Waals surface area contributed by atoms with Gasteiger partial charge in [0.2, 0.25) is 0 Å². The molecule has 106 valence electrons. The van der Waals surface area contributed by atoms with Gasteiger partial charge in [0.1, 0.15) is 5.75 Å². The summed E-state index contributed by atoms with van der Waals surface area (Å²) in [6, 6.07) is 14.1. The smallest absolute Gasteiger partial charge is 0.134 e. The SMILES string of the molecule is Cc1cccc(CCC(C)Nc2ccc(O)c(Cl)c2)c1. The Morgan fingerprint density at radius 1 is 1.20 bits per heavy atom. The second kappa shape index (κ2) is 6.67. The number of nitrogens with one attached hydrogen (secondary N) is 1. The fourth-order valence-electron chi connectivity index (χ4n) is 2.20. The topological polar surface area (TPSA) is 32.3 Å². The molecule has 2 rings (SSSR count). The van der Waals surface area contributed by atoms with Gasteiger partial charge in [-0.2, -0.15) is 0 Å². The molecule has 1 unspecified atom stereocenters. The zero-order valence-corrected chi connectivity index (χ0v) is 12.6. The first-order valence-corrected chi connectivity index (χ1v) is 7.23. The lowest BCUT2D eigenvalue weighted by Gasteiger charge is -2.16. The zero-order valence-electron chi connectivity index (χ0n) is 11.9.